The summed E-state index contributed by atoms with van der Waals surface area (Å²) in [5.41, 5.74) is 0.597. The van der Waals surface area contributed by atoms with E-state index < -0.39 is 17.8 Å². The second kappa shape index (κ2) is 6.85. The van der Waals surface area contributed by atoms with Crippen LogP contribution in [-0.4, -0.2) is 17.8 Å². The van der Waals surface area contributed by atoms with E-state index in [1.165, 1.54) is 25.1 Å². The Balaban J connectivity index is 2.04. The largest absolute Gasteiger partial charge is 0.481 e. The molecule has 1 amide bonds. The quantitative estimate of drug-likeness (QED) is 0.861. The van der Waals surface area contributed by atoms with E-state index in [9.17, 15) is 14.0 Å². The summed E-state index contributed by atoms with van der Waals surface area (Å²) in [6.45, 7) is 3.00. The molecule has 0 radical (unpaired) electrons. The molecule has 1 N–H and O–H groups in total. The van der Waals surface area contributed by atoms with Crippen LogP contribution in [0.4, 0.5) is 10.1 Å². The molecule has 2 aromatic rings. The maximum absolute atomic E-state index is 13.5. The highest BCUT2D eigenvalue weighted by Crippen LogP contribution is 2.17. The first-order valence-corrected chi connectivity index (χ1v) is 6.80. The van der Waals surface area contributed by atoms with Crippen molar-refractivity contribution in [3.8, 4) is 5.75 Å². The summed E-state index contributed by atoms with van der Waals surface area (Å²) in [7, 11) is 0. The molecular formula is C17H16FNO3. The maximum Gasteiger partial charge on any atom is 0.265 e. The predicted octanol–water partition coefficient (Wildman–Crippen LogP) is 3.43. The van der Waals surface area contributed by atoms with E-state index >= 15 is 0 Å². The predicted molar refractivity (Wildman–Crippen MR) is 81.6 cm³/mol. The van der Waals surface area contributed by atoms with E-state index in [0.717, 1.165) is 0 Å². The van der Waals surface area contributed by atoms with E-state index in [4.69, 9.17) is 4.74 Å². The lowest BCUT2D eigenvalue weighted by Crippen LogP contribution is -2.30. The molecule has 0 heterocycles. The van der Waals surface area contributed by atoms with Crippen molar-refractivity contribution in [2.75, 3.05) is 5.32 Å². The lowest BCUT2D eigenvalue weighted by Gasteiger charge is -2.15. The van der Waals surface area contributed by atoms with Crippen molar-refractivity contribution in [2.24, 2.45) is 0 Å². The van der Waals surface area contributed by atoms with Crippen LogP contribution in [0.1, 0.15) is 24.2 Å². The number of anilines is 1. The van der Waals surface area contributed by atoms with Crippen molar-refractivity contribution in [1.82, 2.24) is 0 Å². The number of amides is 1. The molecule has 1 unspecified atom stereocenters. The fraction of sp³-hybridized carbons (Fsp3) is 0.176. The smallest absolute Gasteiger partial charge is 0.265 e. The number of ether oxygens (including phenoxy) is 1. The molecule has 2 aromatic carbocycles. The molecular weight excluding hydrogens is 285 g/mol. The summed E-state index contributed by atoms with van der Waals surface area (Å²) in [5, 5.41) is 2.46. The molecule has 0 bridgehead atoms. The van der Waals surface area contributed by atoms with Gasteiger partial charge in [0, 0.05) is 5.56 Å². The molecule has 0 aromatic heterocycles. The second-order valence-corrected chi connectivity index (χ2v) is 4.81. The molecule has 0 aliphatic rings. The highest BCUT2D eigenvalue weighted by molar-refractivity contribution is 5.95. The standard InChI is InChI=1S/C17H16FNO3/c1-11(20)13-6-5-7-14(10-13)22-12(2)17(21)19-16-9-4-3-8-15(16)18/h3-10,12H,1-2H3,(H,19,21). The summed E-state index contributed by atoms with van der Waals surface area (Å²) >= 11 is 0. The molecule has 0 aliphatic heterocycles. The Kier molecular flexibility index (Phi) is 4.88. The summed E-state index contributed by atoms with van der Waals surface area (Å²) in [4.78, 5) is 23.3. The molecule has 114 valence electrons. The van der Waals surface area contributed by atoms with Gasteiger partial charge in [0.15, 0.2) is 11.9 Å². The number of para-hydroxylation sites is 1. The molecule has 1 atom stereocenters. The molecule has 22 heavy (non-hydrogen) atoms. The highest BCUT2D eigenvalue weighted by Gasteiger charge is 2.16. The van der Waals surface area contributed by atoms with Crippen molar-refractivity contribution in [3.63, 3.8) is 0 Å². The van der Waals surface area contributed by atoms with Crippen molar-refractivity contribution in [3.05, 3.63) is 59.9 Å². The average molecular weight is 301 g/mol. The number of ketones is 1. The lowest BCUT2D eigenvalue weighted by molar-refractivity contribution is -0.122. The van der Waals surface area contributed by atoms with Gasteiger partial charge in [-0.05, 0) is 38.1 Å². The Morgan fingerprint density at radius 2 is 1.86 bits per heavy atom. The summed E-state index contributed by atoms with van der Waals surface area (Å²) in [6.07, 6.45) is -0.832. The Bertz CT molecular complexity index is 700. The number of halogens is 1. The number of hydrogen-bond acceptors (Lipinski definition) is 3. The van der Waals surface area contributed by atoms with Gasteiger partial charge in [0.2, 0.25) is 0 Å². The molecule has 2 rings (SSSR count). The number of benzene rings is 2. The third-order valence-electron chi connectivity index (χ3n) is 3.05. The molecule has 5 heteroatoms. The van der Waals surface area contributed by atoms with Crippen molar-refractivity contribution in [2.45, 2.75) is 20.0 Å². The van der Waals surface area contributed by atoms with Gasteiger partial charge in [-0.1, -0.05) is 24.3 Å². The molecule has 0 fully saturated rings. The number of Topliss-reactive ketones (excluding diaryl/α,β-unsaturated/α-hetero) is 1. The molecule has 4 nitrogen and oxygen atoms in total. The minimum atomic E-state index is -0.832. The third-order valence-corrected chi connectivity index (χ3v) is 3.05. The monoisotopic (exact) mass is 301 g/mol. The lowest BCUT2D eigenvalue weighted by atomic mass is 10.1. The average Bonchev–Trinajstić information content (AvgIpc) is 2.49. The third kappa shape index (κ3) is 3.91. The number of nitrogens with one attached hydrogen (secondary N) is 1. The maximum atomic E-state index is 13.5. The van der Waals surface area contributed by atoms with Gasteiger partial charge in [-0.25, -0.2) is 4.39 Å². The SMILES string of the molecule is CC(=O)c1cccc(OC(C)C(=O)Nc2ccccc2F)c1. The minimum Gasteiger partial charge on any atom is -0.481 e. The normalized spacial score (nSPS) is 11.6. The van der Waals surface area contributed by atoms with E-state index in [0.29, 0.717) is 11.3 Å². The van der Waals surface area contributed by atoms with Crippen molar-refractivity contribution >= 4 is 17.4 Å². The van der Waals surface area contributed by atoms with Crippen LogP contribution in [0, 0.1) is 5.82 Å². The second-order valence-electron chi connectivity index (χ2n) is 4.81. The zero-order valence-corrected chi connectivity index (χ0v) is 12.3. The molecule has 0 saturated heterocycles. The first-order chi connectivity index (χ1) is 10.5. The van der Waals surface area contributed by atoms with Crippen LogP contribution < -0.4 is 10.1 Å². The number of carbonyl (C=O) groups excluding carboxylic acids is 2. The number of hydrogen-bond donors (Lipinski definition) is 1. The molecule has 0 saturated carbocycles. The van der Waals surface area contributed by atoms with Crippen LogP contribution >= 0.6 is 0 Å². The summed E-state index contributed by atoms with van der Waals surface area (Å²) < 4.78 is 19.0. The van der Waals surface area contributed by atoms with Crippen LogP contribution in [0.25, 0.3) is 0 Å². The topological polar surface area (TPSA) is 55.4 Å². The van der Waals surface area contributed by atoms with E-state index in [-0.39, 0.29) is 11.5 Å². The Labute approximate surface area is 127 Å². The zero-order valence-electron chi connectivity index (χ0n) is 12.3. The fourth-order valence-corrected chi connectivity index (χ4v) is 1.84. The van der Waals surface area contributed by atoms with E-state index in [1.54, 1.807) is 37.3 Å². The van der Waals surface area contributed by atoms with Crippen LogP contribution in [0.5, 0.6) is 5.75 Å². The summed E-state index contributed by atoms with van der Waals surface area (Å²) in [6, 6.07) is 12.5. The van der Waals surface area contributed by atoms with Gasteiger partial charge >= 0.3 is 0 Å². The van der Waals surface area contributed by atoms with Crippen LogP contribution in [0.2, 0.25) is 0 Å². The Morgan fingerprint density at radius 3 is 2.55 bits per heavy atom. The van der Waals surface area contributed by atoms with Gasteiger partial charge in [0.05, 0.1) is 5.69 Å². The van der Waals surface area contributed by atoms with Gasteiger partial charge in [-0.3, -0.25) is 9.59 Å². The van der Waals surface area contributed by atoms with Crippen molar-refractivity contribution < 1.29 is 18.7 Å². The Hall–Kier alpha value is -2.69. The number of carbonyl (C=O) groups is 2. The van der Waals surface area contributed by atoms with Crippen LogP contribution in [0.15, 0.2) is 48.5 Å². The van der Waals surface area contributed by atoms with Crippen LogP contribution in [-0.2, 0) is 4.79 Å². The molecule has 0 aliphatic carbocycles. The Morgan fingerprint density at radius 1 is 1.14 bits per heavy atom. The minimum absolute atomic E-state index is 0.0890. The van der Waals surface area contributed by atoms with Gasteiger partial charge in [0.25, 0.3) is 5.91 Å². The number of rotatable bonds is 5. The summed E-state index contributed by atoms with van der Waals surface area (Å²) in [5.74, 6) is -0.669. The highest BCUT2D eigenvalue weighted by atomic mass is 19.1. The van der Waals surface area contributed by atoms with Gasteiger partial charge in [0.1, 0.15) is 11.6 Å². The van der Waals surface area contributed by atoms with E-state index in [1.807, 2.05) is 0 Å². The van der Waals surface area contributed by atoms with Gasteiger partial charge in [-0.15, -0.1) is 0 Å². The van der Waals surface area contributed by atoms with Gasteiger partial charge < -0.3 is 10.1 Å². The zero-order chi connectivity index (χ0) is 16.1. The van der Waals surface area contributed by atoms with Gasteiger partial charge in [-0.2, -0.15) is 0 Å². The van der Waals surface area contributed by atoms with Crippen LogP contribution in [0.3, 0.4) is 0 Å². The van der Waals surface area contributed by atoms with E-state index in [2.05, 4.69) is 5.32 Å². The first-order valence-electron chi connectivity index (χ1n) is 6.80. The molecule has 0 spiro atoms. The fourth-order valence-electron chi connectivity index (χ4n) is 1.84. The first kappa shape index (κ1) is 15.7. The van der Waals surface area contributed by atoms with Crippen molar-refractivity contribution in [1.29, 1.82) is 0 Å².